The highest BCUT2D eigenvalue weighted by Gasteiger charge is 2.11. The summed E-state index contributed by atoms with van der Waals surface area (Å²) in [6.07, 6.45) is 0. The van der Waals surface area contributed by atoms with E-state index in [9.17, 15) is 10.1 Å². The van der Waals surface area contributed by atoms with E-state index in [0.29, 0.717) is 23.7 Å². The van der Waals surface area contributed by atoms with Gasteiger partial charge in [-0.1, -0.05) is 24.3 Å². The summed E-state index contributed by atoms with van der Waals surface area (Å²) < 4.78 is 0. The summed E-state index contributed by atoms with van der Waals surface area (Å²) in [6, 6.07) is 11.8. The van der Waals surface area contributed by atoms with Gasteiger partial charge in [-0.2, -0.15) is 0 Å². The molecule has 6 nitrogen and oxygen atoms in total. The fraction of sp³-hybridized carbons (Fsp3) is 0.0833. The first-order chi connectivity index (χ1) is 8.66. The van der Waals surface area contributed by atoms with Gasteiger partial charge in [-0.15, -0.1) is 0 Å². The molecular weight excluding hydrogens is 232 g/mol. The average Bonchev–Trinajstić information content (AvgIpc) is 2.37. The maximum atomic E-state index is 10.8. The number of nitro benzene ring substituents is 1. The van der Waals surface area contributed by atoms with Crippen molar-refractivity contribution in [1.82, 2.24) is 4.98 Å². The molecule has 1 aromatic heterocycles. The number of benzene rings is 1. The molecule has 2 rings (SSSR count). The van der Waals surface area contributed by atoms with E-state index in [4.69, 9.17) is 5.73 Å². The predicted octanol–water partition coefficient (Wildman–Crippen LogP) is 2.18. The molecule has 3 N–H and O–H groups in total. The monoisotopic (exact) mass is 244 g/mol. The molecule has 0 bridgehead atoms. The minimum Gasteiger partial charge on any atom is -0.384 e. The van der Waals surface area contributed by atoms with Crippen molar-refractivity contribution in [1.29, 1.82) is 0 Å². The molecule has 0 radical (unpaired) electrons. The number of nitrogens with zero attached hydrogens (tertiary/aromatic N) is 2. The molecule has 0 amide bonds. The third kappa shape index (κ3) is 2.73. The molecule has 0 saturated heterocycles. The molecule has 1 heterocycles. The SMILES string of the molecule is Nc1cccc(NCc2ccccc2[N+](=O)[O-])n1. The van der Waals surface area contributed by atoms with Gasteiger partial charge in [-0.25, -0.2) is 4.98 Å². The maximum absolute atomic E-state index is 10.8. The Hall–Kier alpha value is -2.63. The number of para-hydroxylation sites is 1. The molecule has 0 saturated carbocycles. The Labute approximate surface area is 104 Å². The number of anilines is 2. The van der Waals surface area contributed by atoms with Crippen LogP contribution in [-0.4, -0.2) is 9.91 Å². The molecule has 0 atom stereocenters. The minimum atomic E-state index is -0.399. The highest BCUT2D eigenvalue weighted by atomic mass is 16.6. The number of nitrogen functional groups attached to an aromatic ring is 1. The van der Waals surface area contributed by atoms with E-state index >= 15 is 0 Å². The van der Waals surface area contributed by atoms with Gasteiger partial charge in [0.2, 0.25) is 0 Å². The fourth-order valence-corrected chi connectivity index (χ4v) is 1.57. The lowest BCUT2D eigenvalue weighted by atomic mass is 10.2. The van der Waals surface area contributed by atoms with Crippen molar-refractivity contribution in [3.8, 4) is 0 Å². The summed E-state index contributed by atoms with van der Waals surface area (Å²) in [6.45, 7) is 0.327. The number of nitrogens with two attached hydrogens (primary N) is 1. The van der Waals surface area contributed by atoms with Crippen molar-refractivity contribution in [3.05, 3.63) is 58.1 Å². The quantitative estimate of drug-likeness (QED) is 0.635. The molecule has 0 unspecified atom stereocenters. The van der Waals surface area contributed by atoms with Gasteiger partial charge in [0.1, 0.15) is 11.6 Å². The van der Waals surface area contributed by atoms with E-state index in [1.165, 1.54) is 6.07 Å². The number of aromatic nitrogens is 1. The lowest BCUT2D eigenvalue weighted by molar-refractivity contribution is -0.385. The normalized spacial score (nSPS) is 10.0. The van der Waals surface area contributed by atoms with Gasteiger partial charge in [0, 0.05) is 18.2 Å². The van der Waals surface area contributed by atoms with Crippen LogP contribution in [-0.2, 0) is 6.54 Å². The molecule has 0 aliphatic heterocycles. The van der Waals surface area contributed by atoms with Crippen LogP contribution in [0.2, 0.25) is 0 Å². The molecule has 0 fully saturated rings. The average molecular weight is 244 g/mol. The first-order valence-electron chi connectivity index (χ1n) is 5.35. The summed E-state index contributed by atoms with van der Waals surface area (Å²) in [5.74, 6) is 0.996. The summed E-state index contributed by atoms with van der Waals surface area (Å²) in [7, 11) is 0. The van der Waals surface area contributed by atoms with Gasteiger partial charge in [0.05, 0.1) is 4.92 Å². The summed E-state index contributed by atoms with van der Waals surface area (Å²) >= 11 is 0. The van der Waals surface area contributed by atoms with Crippen LogP contribution in [0.5, 0.6) is 0 Å². The third-order valence-corrected chi connectivity index (χ3v) is 2.42. The predicted molar refractivity (Wildman–Crippen MR) is 69.1 cm³/mol. The number of hydrogen-bond donors (Lipinski definition) is 2. The van der Waals surface area contributed by atoms with E-state index in [-0.39, 0.29) is 5.69 Å². The Balaban J connectivity index is 2.13. The fourth-order valence-electron chi connectivity index (χ4n) is 1.57. The highest BCUT2D eigenvalue weighted by molar-refractivity contribution is 5.46. The number of nitrogens with one attached hydrogen (secondary N) is 1. The Morgan fingerprint density at radius 2 is 2.00 bits per heavy atom. The first-order valence-corrected chi connectivity index (χ1v) is 5.35. The second kappa shape index (κ2) is 5.13. The molecule has 0 spiro atoms. The lowest BCUT2D eigenvalue weighted by Crippen LogP contribution is -2.04. The number of hydrogen-bond acceptors (Lipinski definition) is 5. The van der Waals surface area contributed by atoms with E-state index in [1.54, 1.807) is 36.4 Å². The third-order valence-electron chi connectivity index (χ3n) is 2.42. The Kier molecular flexibility index (Phi) is 3.38. The Morgan fingerprint density at radius 3 is 2.72 bits per heavy atom. The topological polar surface area (TPSA) is 94.1 Å². The second-order valence-corrected chi connectivity index (χ2v) is 3.69. The van der Waals surface area contributed by atoms with Crippen LogP contribution in [0.15, 0.2) is 42.5 Å². The highest BCUT2D eigenvalue weighted by Crippen LogP contribution is 2.18. The number of pyridine rings is 1. The largest absolute Gasteiger partial charge is 0.384 e. The maximum Gasteiger partial charge on any atom is 0.274 e. The zero-order chi connectivity index (χ0) is 13.0. The van der Waals surface area contributed by atoms with Gasteiger partial charge in [0.25, 0.3) is 5.69 Å². The summed E-state index contributed by atoms with van der Waals surface area (Å²) in [4.78, 5) is 14.5. The molecule has 2 aromatic rings. The zero-order valence-electron chi connectivity index (χ0n) is 9.54. The summed E-state index contributed by atoms with van der Waals surface area (Å²) in [5.41, 5.74) is 6.24. The second-order valence-electron chi connectivity index (χ2n) is 3.69. The first kappa shape index (κ1) is 11.8. The summed E-state index contributed by atoms with van der Waals surface area (Å²) in [5, 5.41) is 13.8. The van der Waals surface area contributed by atoms with E-state index in [0.717, 1.165) is 0 Å². The van der Waals surface area contributed by atoms with Crippen molar-refractivity contribution in [3.63, 3.8) is 0 Å². The number of rotatable bonds is 4. The molecule has 0 aliphatic carbocycles. The minimum absolute atomic E-state index is 0.0916. The van der Waals surface area contributed by atoms with Crippen molar-refractivity contribution in [2.24, 2.45) is 0 Å². The van der Waals surface area contributed by atoms with Gasteiger partial charge in [-0.05, 0) is 12.1 Å². The van der Waals surface area contributed by atoms with Gasteiger partial charge in [0.15, 0.2) is 0 Å². The van der Waals surface area contributed by atoms with Crippen LogP contribution in [0.1, 0.15) is 5.56 Å². The molecular formula is C12H12N4O2. The molecule has 18 heavy (non-hydrogen) atoms. The van der Waals surface area contributed by atoms with Crippen LogP contribution >= 0.6 is 0 Å². The van der Waals surface area contributed by atoms with Crippen LogP contribution in [0.3, 0.4) is 0 Å². The van der Waals surface area contributed by atoms with Crippen LogP contribution in [0.25, 0.3) is 0 Å². The Bertz CT molecular complexity index is 572. The number of nitro groups is 1. The van der Waals surface area contributed by atoms with Crippen LogP contribution < -0.4 is 11.1 Å². The van der Waals surface area contributed by atoms with Gasteiger partial charge < -0.3 is 11.1 Å². The molecule has 6 heteroatoms. The van der Waals surface area contributed by atoms with Gasteiger partial charge in [-0.3, -0.25) is 10.1 Å². The standard InChI is InChI=1S/C12H12N4O2/c13-11-6-3-7-12(15-11)14-8-9-4-1-2-5-10(9)16(17)18/h1-7H,8H2,(H3,13,14,15). The van der Waals surface area contributed by atoms with Crippen molar-refractivity contribution < 1.29 is 4.92 Å². The molecule has 1 aromatic carbocycles. The smallest absolute Gasteiger partial charge is 0.274 e. The van der Waals surface area contributed by atoms with Crippen molar-refractivity contribution in [2.75, 3.05) is 11.1 Å². The van der Waals surface area contributed by atoms with E-state index in [2.05, 4.69) is 10.3 Å². The molecule has 92 valence electrons. The van der Waals surface area contributed by atoms with Crippen LogP contribution in [0.4, 0.5) is 17.3 Å². The van der Waals surface area contributed by atoms with Crippen molar-refractivity contribution in [2.45, 2.75) is 6.54 Å². The molecule has 0 aliphatic rings. The van der Waals surface area contributed by atoms with Crippen LogP contribution in [0, 0.1) is 10.1 Å². The van der Waals surface area contributed by atoms with E-state index < -0.39 is 4.92 Å². The Morgan fingerprint density at radius 1 is 1.22 bits per heavy atom. The van der Waals surface area contributed by atoms with Gasteiger partial charge >= 0.3 is 0 Å². The van der Waals surface area contributed by atoms with E-state index in [1.807, 2.05) is 0 Å². The zero-order valence-corrected chi connectivity index (χ0v) is 9.54. The lowest BCUT2D eigenvalue weighted by Gasteiger charge is -2.06. The van der Waals surface area contributed by atoms with Crippen molar-refractivity contribution >= 4 is 17.3 Å².